The van der Waals surface area contributed by atoms with E-state index in [1.54, 1.807) is 30.9 Å². The lowest BCUT2D eigenvalue weighted by atomic mass is 10.0. The van der Waals surface area contributed by atoms with Gasteiger partial charge in [-0.25, -0.2) is 13.8 Å². The number of piperidine rings is 1. The number of hydrogen-bond acceptors (Lipinski definition) is 11. The number of benzene rings is 2. The van der Waals surface area contributed by atoms with Crippen LogP contribution in [0.1, 0.15) is 57.4 Å². The molecule has 3 N–H and O–H groups in total. The predicted octanol–water partition coefficient (Wildman–Crippen LogP) is 4.97. The van der Waals surface area contributed by atoms with E-state index in [9.17, 15) is 41.1 Å². The van der Waals surface area contributed by atoms with Gasteiger partial charge in [0.25, 0.3) is 5.91 Å². The molecule has 3 aromatic rings. The Morgan fingerprint density at radius 3 is 2.53 bits per heavy atom. The van der Waals surface area contributed by atoms with Gasteiger partial charge in [0.05, 0.1) is 29.7 Å². The summed E-state index contributed by atoms with van der Waals surface area (Å²) in [5.41, 5.74) is -2.58. The quantitative estimate of drug-likeness (QED) is 0.128. The normalized spacial score (nSPS) is 19.9. The van der Waals surface area contributed by atoms with Gasteiger partial charge in [-0.05, 0) is 81.7 Å². The minimum absolute atomic E-state index is 0.0549. The highest BCUT2D eigenvalue weighted by Crippen LogP contribution is 2.40. The number of carbonyl (C=O) groups is 4. The largest absolute Gasteiger partial charge is 0.492 e. The summed E-state index contributed by atoms with van der Waals surface area (Å²) in [4.78, 5) is 60.5. The number of pyridine rings is 1. The Morgan fingerprint density at radius 2 is 1.87 bits per heavy atom. The molecular weight excluding hydrogens is 814 g/mol. The minimum atomic E-state index is -4.88. The standard InChI is InChI=1S/C40H42F5N9O5S/c1-5-23-14-25(54-38(60)53(37(58)39(54,3)4)26-17-27(40(43,44)45)31(18-46)47-19-26)6-8-32(23)59-13-12-51-10-11-52(22(2)20-51)21-34(56)49-30-16-24(15-28(41)35(30)42)48-29-7-9-33(55)50-36(29)57/h6,8,14-17,19,22,29,48H,5,7,9-13,20-21H2,1-4H3,(H,49,56)(H,50,55,57)/t22-,29?/m1/s1. The lowest BCUT2D eigenvalue weighted by molar-refractivity contribution is -0.138. The molecule has 20 heteroatoms. The van der Waals surface area contributed by atoms with E-state index in [2.05, 4.69) is 25.8 Å². The number of nitriles is 1. The van der Waals surface area contributed by atoms with Crippen LogP contribution in [0.15, 0.2) is 42.6 Å². The average Bonchev–Trinajstić information content (AvgIpc) is 3.36. The molecule has 0 spiro atoms. The first-order chi connectivity index (χ1) is 28.3. The third-order valence-corrected chi connectivity index (χ3v) is 11.0. The Bertz CT molecular complexity index is 2270. The predicted molar refractivity (Wildman–Crippen MR) is 214 cm³/mol. The van der Waals surface area contributed by atoms with E-state index in [1.165, 1.54) is 12.1 Å². The smallest absolute Gasteiger partial charge is 0.419 e. The van der Waals surface area contributed by atoms with Crippen LogP contribution < -0.4 is 30.5 Å². The summed E-state index contributed by atoms with van der Waals surface area (Å²) in [5.74, 6) is -3.99. The van der Waals surface area contributed by atoms with Gasteiger partial charge < -0.3 is 20.3 Å². The number of nitrogens with zero attached hydrogens (tertiary/aromatic N) is 6. The summed E-state index contributed by atoms with van der Waals surface area (Å²) >= 11 is 5.66. The summed E-state index contributed by atoms with van der Waals surface area (Å²) in [6, 6.07) is 8.58. The highest BCUT2D eigenvalue weighted by atomic mass is 32.1. The van der Waals surface area contributed by atoms with Crippen molar-refractivity contribution in [3.63, 3.8) is 0 Å². The summed E-state index contributed by atoms with van der Waals surface area (Å²) in [5, 5.41) is 16.5. The van der Waals surface area contributed by atoms with Gasteiger partial charge in [-0.1, -0.05) is 6.92 Å². The van der Waals surface area contributed by atoms with Crippen molar-refractivity contribution in [2.45, 2.75) is 70.8 Å². The molecule has 1 unspecified atom stereocenters. The zero-order chi connectivity index (χ0) is 43.7. The van der Waals surface area contributed by atoms with Crippen LogP contribution in [0.4, 0.5) is 44.7 Å². The number of rotatable bonds is 12. The number of thiocarbonyl (C=S) groups is 1. The van der Waals surface area contributed by atoms with Crippen molar-refractivity contribution < 1.29 is 45.9 Å². The molecule has 2 atom stereocenters. The first-order valence-electron chi connectivity index (χ1n) is 19.1. The number of aromatic nitrogens is 1. The Kier molecular flexibility index (Phi) is 12.7. The topological polar surface area (TPSA) is 163 Å². The fraction of sp³-hybridized carbons (Fsp3) is 0.425. The zero-order valence-electron chi connectivity index (χ0n) is 33.1. The van der Waals surface area contributed by atoms with Gasteiger partial charge in [-0.2, -0.15) is 18.4 Å². The highest BCUT2D eigenvalue weighted by Gasteiger charge is 2.51. The Hall–Kier alpha value is -5.78. The van der Waals surface area contributed by atoms with Crippen LogP contribution in [0.5, 0.6) is 5.75 Å². The van der Waals surface area contributed by atoms with Gasteiger partial charge in [0.2, 0.25) is 17.7 Å². The van der Waals surface area contributed by atoms with Crippen molar-refractivity contribution in [3.8, 4) is 11.8 Å². The number of ether oxygens (including phenoxy) is 1. The maximum Gasteiger partial charge on any atom is 0.419 e. The zero-order valence-corrected chi connectivity index (χ0v) is 33.9. The molecule has 2 aromatic carbocycles. The van der Waals surface area contributed by atoms with E-state index in [0.717, 1.165) is 22.7 Å². The maximum atomic E-state index is 14.7. The fourth-order valence-corrected chi connectivity index (χ4v) is 7.94. The SMILES string of the molecule is CCc1cc(N2C(=S)N(c3cnc(C#N)c(C(F)(F)F)c3)C(=O)C2(C)C)ccc1OCCN1CCN(CC(=O)Nc2cc(NC3CCC(=O)NC3=O)cc(F)c2F)[C@H](C)C1. The van der Waals surface area contributed by atoms with Crippen molar-refractivity contribution in [1.29, 1.82) is 5.26 Å². The van der Waals surface area contributed by atoms with Crippen molar-refractivity contribution in [2.75, 3.05) is 59.8 Å². The molecule has 0 saturated carbocycles. The highest BCUT2D eigenvalue weighted by molar-refractivity contribution is 7.81. The Morgan fingerprint density at radius 1 is 1.12 bits per heavy atom. The Balaban J connectivity index is 1.03. The Labute approximate surface area is 347 Å². The number of hydrogen-bond donors (Lipinski definition) is 3. The van der Waals surface area contributed by atoms with Crippen LogP contribution in [-0.4, -0.2) is 100 Å². The van der Waals surface area contributed by atoms with Crippen LogP contribution in [0.3, 0.4) is 0 Å². The summed E-state index contributed by atoms with van der Waals surface area (Å²) in [6.07, 6.45) is -3.05. The molecule has 0 aliphatic carbocycles. The van der Waals surface area contributed by atoms with Gasteiger partial charge in [-0.15, -0.1) is 0 Å². The van der Waals surface area contributed by atoms with Crippen molar-refractivity contribution >= 4 is 63.7 Å². The van der Waals surface area contributed by atoms with Crippen LogP contribution in [-0.2, 0) is 31.8 Å². The minimum Gasteiger partial charge on any atom is -0.492 e. The number of piperazine rings is 1. The number of aryl methyl sites for hydroxylation is 1. The van der Waals surface area contributed by atoms with Crippen LogP contribution in [0.2, 0.25) is 0 Å². The molecule has 4 amide bonds. The van der Waals surface area contributed by atoms with Gasteiger partial charge >= 0.3 is 6.18 Å². The molecule has 6 rings (SSSR count). The second-order valence-electron chi connectivity index (χ2n) is 15.1. The van der Waals surface area contributed by atoms with Crippen molar-refractivity contribution in [1.82, 2.24) is 20.1 Å². The van der Waals surface area contributed by atoms with Gasteiger partial charge in [0.1, 0.15) is 30.0 Å². The first-order valence-corrected chi connectivity index (χ1v) is 19.5. The molecule has 3 fully saturated rings. The molecule has 3 aliphatic heterocycles. The lowest BCUT2D eigenvalue weighted by Crippen LogP contribution is -2.54. The van der Waals surface area contributed by atoms with E-state index >= 15 is 0 Å². The van der Waals surface area contributed by atoms with Crippen molar-refractivity contribution in [2.24, 2.45) is 0 Å². The third-order valence-electron chi connectivity index (χ3n) is 10.6. The van der Waals surface area contributed by atoms with Gasteiger partial charge in [-0.3, -0.25) is 39.2 Å². The van der Waals surface area contributed by atoms with Crippen LogP contribution >= 0.6 is 12.2 Å². The van der Waals surface area contributed by atoms with Gasteiger partial charge in [0, 0.05) is 56.1 Å². The third kappa shape index (κ3) is 9.17. The fourth-order valence-electron chi connectivity index (χ4n) is 7.42. The van der Waals surface area contributed by atoms with E-state index in [4.69, 9.17) is 22.2 Å². The lowest BCUT2D eigenvalue weighted by Gasteiger charge is -2.39. The van der Waals surface area contributed by atoms with E-state index in [0.29, 0.717) is 56.7 Å². The number of halogens is 5. The molecule has 318 valence electrons. The number of alkyl halides is 3. The summed E-state index contributed by atoms with van der Waals surface area (Å²) < 4.78 is 76.6. The van der Waals surface area contributed by atoms with Crippen LogP contribution in [0.25, 0.3) is 0 Å². The molecule has 60 heavy (non-hydrogen) atoms. The number of nitrogens with one attached hydrogen (secondary N) is 3. The molecule has 1 aromatic heterocycles. The average molecular weight is 856 g/mol. The first kappa shape index (κ1) is 43.8. The van der Waals surface area contributed by atoms with Gasteiger partial charge in [0.15, 0.2) is 22.4 Å². The molecular formula is C40H42F5N9O5S. The van der Waals surface area contributed by atoms with Crippen molar-refractivity contribution in [3.05, 3.63) is 71.1 Å². The molecule has 14 nitrogen and oxygen atoms in total. The second kappa shape index (κ2) is 17.4. The number of anilines is 4. The molecule has 4 heterocycles. The van der Waals surface area contributed by atoms with E-state index in [1.807, 2.05) is 24.8 Å². The monoisotopic (exact) mass is 855 g/mol. The summed E-state index contributed by atoms with van der Waals surface area (Å²) in [6.45, 7) is 9.58. The number of amides is 4. The second-order valence-corrected chi connectivity index (χ2v) is 15.5. The maximum absolute atomic E-state index is 14.7. The molecule has 0 bridgehead atoms. The number of imide groups is 1. The van der Waals surface area contributed by atoms with Crippen LogP contribution in [0, 0.1) is 23.0 Å². The molecule has 0 radical (unpaired) electrons. The number of carbonyl (C=O) groups excluding carboxylic acids is 4. The van der Waals surface area contributed by atoms with E-state index in [-0.39, 0.29) is 47.6 Å². The van der Waals surface area contributed by atoms with E-state index < -0.39 is 64.3 Å². The summed E-state index contributed by atoms with van der Waals surface area (Å²) in [7, 11) is 0. The molecule has 3 saturated heterocycles. The molecule has 3 aliphatic rings.